The zero-order valence-electron chi connectivity index (χ0n) is 13.9. The van der Waals surface area contributed by atoms with Crippen molar-refractivity contribution in [1.82, 2.24) is 4.90 Å². The lowest BCUT2D eigenvalue weighted by atomic mass is 9.64. The zero-order valence-corrected chi connectivity index (χ0v) is 13.9. The van der Waals surface area contributed by atoms with Gasteiger partial charge in [0.1, 0.15) is 0 Å². The van der Waals surface area contributed by atoms with Crippen LogP contribution in [0.25, 0.3) is 0 Å². The molecule has 126 valence electrons. The van der Waals surface area contributed by atoms with Crippen molar-refractivity contribution in [3.63, 3.8) is 0 Å². The van der Waals surface area contributed by atoms with Crippen LogP contribution in [0, 0.1) is 0 Å². The Morgan fingerprint density at radius 2 is 1.68 bits per heavy atom. The van der Waals surface area contributed by atoms with E-state index in [2.05, 4.69) is 5.32 Å². The van der Waals surface area contributed by atoms with Crippen molar-refractivity contribution in [3.05, 3.63) is 65.2 Å². The fourth-order valence-corrected chi connectivity index (χ4v) is 3.62. The maximum Gasteiger partial charge on any atom is 0.261 e. The van der Waals surface area contributed by atoms with Gasteiger partial charge >= 0.3 is 0 Å². The summed E-state index contributed by atoms with van der Waals surface area (Å²) in [5.41, 5.74) is 1.78. The van der Waals surface area contributed by atoms with Crippen LogP contribution in [-0.2, 0) is 10.2 Å². The van der Waals surface area contributed by atoms with E-state index in [1.807, 2.05) is 30.3 Å². The second kappa shape index (κ2) is 5.55. The Hall–Kier alpha value is -2.95. The Labute approximate surface area is 145 Å². The van der Waals surface area contributed by atoms with Gasteiger partial charge in [0.05, 0.1) is 16.5 Å². The zero-order chi connectivity index (χ0) is 17.6. The molecule has 2 aliphatic rings. The Bertz CT molecular complexity index is 885. The molecule has 2 aromatic rings. The van der Waals surface area contributed by atoms with Gasteiger partial charge in [0.15, 0.2) is 0 Å². The molecule has 1 aliphatic carbocycles. The summed E-state index contributed by atoms with van der Waals surface area (Å²) < 4.78 is 0. The number of nitrogens with one attached hydrogen (secondary N) is 1. The summed E-state index contributed by atoms with van der Waals surface area (Å²) in [6, 6.07) is 14.7. The van der Waals surface area contributed by atoms with Gasteiger partial charge in [0, 0.05) is 12.7 Å². The number of anilines is 1. The van der Waals surface area contributed by atoms with Gasteiger partial charge < -0.3 is 5.32 Å². The smallest absolute Gasteiger partial charge is 0.261 e. The number of carbonyl (C=O) groups is 3. The van der Waals surface area contributed by atoms with Crippen LogP contribution >= 0.6 is 0 Å². The van der Waals surface area contributed by atoms with E-state index in [-0.39, 0.29) is 17.7 Å². The number of fused-ring (bicyclic) bond motifs is 1. The van der Waals surface area contributed by atoms with Crippen LogP contribution in [-0.4, -0.2) is 29.7 Å². The Kier molecular flexibility index (Phi) is 3.46. The average Bonchev–Trinajstić information content (AvgIpc) is 2.79. The first-order chi connectivity index (χ1) is 12.0. The molecule has 25 heavy (non-hydrogen) atoms. The topological polar surface area (TPSA) is 66.5 Å². The quantitative estimate of drug-likeness (QED) is 0.878. The molecule has 0 radical (unpaired) electrons. The lowest BCUT2D eigenvalue weighted by molar-refractivity contribution is -0.124. The molecule has 3 amide bonds. The highest BCUT2D eigenvalue weighted by atomic mass is 16.2. The predicted octanol–water partition coefficient (Wildman–Crippen LogP) is 2.97. The molecule has 4 rings (SSSR count). The van der Waals surface area contributed by atoms with Crippen molar-refractivity contribution in [2.45, 2.75) is 24.7 Å². The predicted molar refractivity (Wildman–Crippen MR) is 93.5 cm³/mol. The summed E-state index contributed by atoms with van der Waals surface area (Å²) in [7, 11) is 1.46. The molecule has 2 aromatic carbocycles. The van der Waals surface area contributed by atoms with Crippen LogP contribution in [0.4, 0.5) is 5.69 Å². The third kappa shape index (κ3) is 2.27. The summed E-state index contributed by atoms with van der Waals surface area (Å²) in [5, 5.41) is 2.94. The van der Waals surface area contributed by atoms with Crippen LogP contribution in [0.2, 0.25) is 0 Å². The van der Waals surface area contributed by atoms with Crippen molar-refractivity contribution < 1.29 is 14.4 Å². The fraction of sp³-hybridized carbons (Fsp3) is 0.250. The minimum absolute atomic E-state index is 0.0602. The van der Waals surface area contributed by atoms with Crippen LogP contribution in [0.15, 0.2) is 48.5 Å². The number of amides is 3. The third-order valence-electron chi connectivity index (χ3n) is 5.32. The van der Waals surface area contributed by atoms with E-state index in [4.69, 9.17) is 0 Å². The van der Waals surface area contributed by atoms with Gasteiger partial charge in [-0.1, -0.05) is 36.8 Å². The van der Waals surface area contributed by atoms with Gasteiger partial charge in [-0.3, -0.25) is 19.3 Å². The summed E-state index contributed by atoms with van der Waals surface area (Å²) >= 11 is 0. The second-order valence-electron chi connectivity index (χ2n) is 6.69. The molecule has 0 spiro atoms. The lowest BCUT2D eigenvalue weighted by Gasteiger charge is -2.40. The van der Waals surface area contributed by atoms with Gasteiger partial charge in [0.2, 0.25) is 5.91 Å². The molecule has 1 saturated carbocycles. The molecule has 1 fully saturated rings. The number of carbonyl (C=O) groups excluding carboxylic acids is 3. The van der Waals surface area contributed by atoms with Gasteiger partial charge in [-0.15, -0.1) is 0 Å². The van der Waals surface area contributed by atoms with Gasteiger partial charge in [0.25, 0.3) is 11.8 Å². The molecule has 0 atom stereocenters. The molecule has 0 unspecified atom stereocenters. The number of nitrogens with zero attached hydrogens (tertiary/aromatic N) is 1. The van der Waals surface area contributed by atoms with Crippen LogP contribution in [0.5, 0.6) is 0 Å². The van der Waals surface area contributed by atoms with E-state index in [1.54, 1.807) is 18.2 Å². The molecular formula is C20H18N2O3. The standard InChI is InChI=1S/C20H18N2O3/c1-22-17(23)15-9-8-14(12-16(15)18(22)24)21-19(25)20(10-5-11-20)13-6-3-2-4-7-13/h2-4,6-9,12H,5,10-11H2,1H3,(H,21,25). The second-order valence-corrected chi connectivity index (χ2v) is 6.69. The Morgan fingerprint density at radius 1 is 1.00 bits per heavy atom. The summed E-state index contributed by atoms with van der Waals surface area (Å²) in [6.07, 6.45) is 2.65. The number of rotatable bonds is 3. The van der Waals surface area contributed by atoms with E-state index < -0.39 is 5.41 Å². The number of imide groups is 1. The van der Waals surface area contributed by atoms with Crippen molar-refractivity contribution >= 4 is 23.4 Å². The van der Waals surface area contributed by atoms with E-state index in [1.165, 1.54) is 7.05 Å². The first kappa shape index (κ1) is 15.6. The Morgan fingerprint density at radius 3 is 2.32 bits per heavy atom. The van der Waals surface area contributed by atoms with E-state index in [9.17, 15) is 14.4 Å². The van der Waals surface area contributed by atoms with Crippen LogP contribution < -0.4 is 5.32 Å². The maximum atomic E-state index is 13.0. The molecule has 1 N–H and O–H groups in total. The molecule has 1 aliphatic heterocycles. The van der Waals surface area contributed by atoms with Crippen LogP contribution in [0.3, 0.4) is 0 Å². The number of benzene rings is 2. The highest BCUT2D eigenvalue weighted by Gasteiger charge is 2.45. The van der Waals surface area contributed by atoms with E-state index in [0.29, 0.717) is 16.8 Å². The Balaban J connectivity index is 1.62. The van der Waals surface area contributed by atoms with Crippen molar-refractivity contribution in [2.24, 2.45) is 0 Å². The fourth-order valence-electron chi connectivity index (χ4n) is 3.62. The van der Waals surface area contributed by atoms with Crippen molar-refractivity contribution in [2.75, 3.05) is 12.4 Å². The normalized spacial score (nSPS) is 17.9. The largest absolute Gasteiger partial charge is 0.325 e. The molecular weight excluding hydrogens is 316 g/mol. The number of hydrogen-bond donors (Lipinski definition) is 1. The van der Waals surface area contributed by atoms with Crippen molar-refractivity contribution in [3.8, 4) is 0 Å². The molecule has 0 aromatic heterocycles. The molecule has 0 bridgehead atoms. The summed E-state index contributed by atoms with van der Waals surface area (Å²) in [4.78, 5) is 38.1. The van der Waals surface area contributed by atoms with Gasteiger partial charge in [-0.05, 0) is 36.6 Å². The molecule has 0 saturated heterocycles. The highest BCUT2D eigenvalue weighted by molar-refractivity contribution is 6.21. The van der Waals surface area contributed by atoms with Gasteiger partial charge in [-0.2, -0.15) is 0 Å². The van der Waals surface area contributed by atoms with Crippen LogP contribution in [0.1, 0.15) is 45.5 Å². The lowest BCUT2D eigenvalue weighted by Crippen LogP contribution is -2.46. The first-order valence-corrected chi connectivity index (χ1v) is 8.36. The maximum absolute atomic E-state index is 13.0. The molecule has 5 heteroatoms. The number of hydrogen-bond acceptors (Lipinski definition) is 3. The molecule has 5 nitrogen and oxygen atoms in total. The highest BCUT2D eigenvalue weighted by Crippen LogP contribution is 2.44. The third-order valence-corrected chi connectivity index (χ3v) is 5.32. The van der Waals surface area contributed by atoms with E-state index >= 15 is 0 Å². The summed E-state index contributed by atoms with van der Waals surface area (Å²) in [6.45, 7) is 0. The minimum atomic E-state index is -0.503. The van der Waals surface area contributed by atoms with E-state index in [0.717, 1.165) is 29.7 Å². The van der Waals surface area contributed by atoms with Crippen molar-refractivity contribution in [1.29, 1.82) is 0 Å². The summed E-state index contributed by atoms with van der Waals surface area (Å²) in [5.74, 6) is -0.704. The van der Waals surface area contributed by atoms with Gasteiger partial charge in [-0.25, -0.2) is 0 Å². The minimum Gasteiger partial charge on any atom is -0.325 e. The monoisotopic (exact) mass is 334 g/mol. The molecule has 1 heterocycles. The SMILES string of the molecule is CN1C(=O)c2ccc(NC(=O)C3(c4ccccc4)CCC3)cc2C1=O. The average molecular weight is 334 g/mol. The first-order valence-electron chi connectivity index (χ1n) is 8.36.